The third-order valence-corrected chi connectivity index (χ3v) is 4.19. The number of aliphatic hydroxyl groups excluding tert-OH is 1. The minimum Gasteiger partial charge on any atom is -0.392 e. The smallest absolute Gasteiger partial charge is 0.0639 e. The van der Waals surface area contributed by atoms with Gasteiger partial charge in [-0.25, -0.2) is 0 Å². The van der Waals surface area contributed by atoms with E-state index in [0.29, 0.717) is 0 Å². The molecule has 0 aliphatic carbocycles. The Kier molecular flexibility index (Phi) is 4.22. The van der Waals surface area contributed by atoms with E-state index < -0.39 is 0 Å². The van der Waals surface area contributed by atoms with E-state index in [1.807, 2.05) is 6.92 Å². The lowest BCUT2D eigenvalue weighted by molar-refractivity contribution is 0.0713. The summed E-state index contributed by atoms with van der Waals surface area (Å²) in [6.45, 7) is 6.40. The number of rotatable bonds is 3. The van der Waals surface area contributed by atoms with E-state index in [2.05, 4.69) is 16.8 Å². The molecule has 0 aromatic carbocycles. The first-order chi connectivity index (χ1) is 7.66. The molecule has 2 fully saturated rings. The van der Waals surface area contributed by atoms with E-state index in [1.54, 1.807) is 0 Å². The molecule has 3 unspecified atom stereocenters. The molecule has 0 saturated carbocycles. The molecule has 0 aromatic rings. The number of β-amino-alcohol motifs (C(OH)–C–C–N with tert-alkyl or cyclic N) is 1. The lowest BCUT2D eigenvalue weighted by atomic mass is 9.89. The lowest BCUT2D eigenvalue weighted by Crippen LogP contribution is -2.45. The van der Waals surface area contributed by atoms with Gasteiger partial charge in [-0.15, -0.1) is 0 Å². The van der Waals surface area contributed by atoms with Crippen molar-refractivity contribution in [1.29, 1.82) is 0 Å². The molecule has 0 amide bonds. The lowest BCUT2D eigenvalue weighted by Gasteiger charge is -2.38. The van der Waals surface area contributed by atoms with Crippen molar-refractivity contribution in [2.24, 2.45) is 5.92 Å². The second-order valence-electron chi connectivity index (χ2n) is 5.70. The van der Waals surface area contributed by atoms with Crippen molar-refractivity contribution in [3.63, 3.8) is 0 Å². The molecule has 0 radical (unpaired) electrons. The highest BCUT2D eigenvalue weighted by Gasteiger charge is 2.32. The van der Waals surface area contributed by atoms with Crippen LogP contribution >= 0.6 is 0 Å². The van der Waals surface area contributed by atoms with Crippen molar-refractivity contribution in [1.82, 2.24) is 9.80 Å². The van der Waals surface area contributed by atoms with E-state index in [-0.39, 0.29) is 6.10 Å². The average molecular weight is 226 g/mol. The van der Waals surface area contributed by atoms with E-state index in [0.717, 1.165) is 18.5 Å². The maximum Gasteiger partial charge on any atom is 0.0639 e. The molecule has 1 N–H and O–H groups in total. The summed E-state index contributed by atoms with van der Waals surface area (Å²) < 4.78 is 0. The molecule has 2 aliphatic rings. The van der Waals surface area contributed by atoms with Gasteiger partial charge in [0.2, 0.25) is 0 Å². The Morgan fingerprint density at radius 2 is 2.00 bits per heavy atom. The zero-order valence-electron chi connectivity index (χ0n) is 10.7. The second-order valence-corrected chi connectivity index (χ2v) is 5.70. The van der Waals surface area contributed by atoms with E-state index in [4.69, 9.17) is 0 Å². The van der Waals surface area contributed by atoms with Crippen molar-refractivity contribution in [2.45, 2.75) is 44.8 Å². The Hall–Kier alpha value is -0.120. The highest BCUT2D eigenvalue weighted by molar-refractivity contribution is 4.87. The third-order valence-electron chi connectivity index (χ3n) is 4.19. The first-order valence-corrected chi connectivity index (χ1v) is 6.77. The molecule has 3 atom stereocenters. The summed E-state index contributed by atoms with van der Waals surface area (Å²) >= 11 is 0. The van der Waals surface area contributed by atoms with Crippen LogP contribution in [0, 0.1) is 5.92 Å². The maximum absolute atomic E-state index is 9.46. The van der Waals surface area contributed by atoms with Gasteiger partial charge >= 0.3 is 0 Å². The van der Waals surface area contributed by atoms with Crippen molar-refractivity contribution < 1.29 is 5.11 Å². The van der Waals surface area contributed by atoms with Crippen LogP contribution < -0.4 is 0 Å². The fourth-order valence-corrected chi connectivity index (χ4v) is 3.48. The highest BCUT2D eigenvalue weighted by atomic mass is 16.3. The second kappa shape index (κ2) is 5.48. The molecular weight excluding hydrogens is 200 g/mol. The van der Waals surface area contributed by atoms with Crippen LogP contribution in [0.3, 0.4) is 0 Å². The van der Waals surface area contributed by atoms with Gasteiger partial charge in [0, 0.05) is 19.1 Å². The summed E-state index contributed by atoms with van der Waals surface area (Å²) in [6, 6.07) is 0.803. The Labute approximate surface area is 99.4 Å². The molecule has 2 aliphatic heterocycles. The number of hydrogen-bond donors (Lipinski definition) is 1. The fraction of sp³-hybridized carbons (Fsp3) is 1.00. The van der Waals surface area contributed by atoms with Crippen molar-refractivity contribution in [2.75, 3.05) is 33.2 Å². The summed E-state index contributed by atoms with van der Waals surface area (Å²) in [5.74, 6) is 0.833. The Morgan fingerprint density at radius 1 is 1.25 bits per heavy atom. The Morgan fingerprint density at radius 3 is 2.62 bits per heavy atom. The normalized spacial score (nSPS) is 35.4. The SMILES string of the molecule is CC(O)CN1CCCC(C2CCCN2C)C1. The quantitative estimate of drug-likeness (QED) is 0.782. The van der Waals surface area contributed by atoms with Gasteiger partial charge in [0.15, 0.2) is 0 Å². The van der Waals surface area contributed by atoms with Gasteiger partial charge in [-0.3, -0.25) is 0 Å². The third kappa shape index (κ3) is 2.96. The van der Waals surface area contributed by atoms with Crippen molar-refractivity contribution in [3.05, 3.63) is 0 Å². The predicted molar refractivity (Wildman–Crippen MR) is 66.5 cm³/mol. The van der Waals surface area contributed by atoms with Crippen molar-refractivity contribution in [3.8, 4) is 0 Å². The van der Waals surface area contributed by atoms with Gasteiger partial charge in [0.1, 0.15) is 0 Å². The van der Waals surface area contributed by atoms with Gasteiger partial charge in [-0.05, 0) is 58.7 Å². The first-order valence-electron chi connectivity index (χ1n) is 6.77. The zero-order chi connectivity index (χ0) is 11.5. The summed E-state index contributed by atoms with van der Waals surface area (Å²) in [5, 5.41) is 9.46. The number of likely N-dealkylation sites (tertiary alicyclic amines) is 2. The van der Waals surface area contributed by atoms with Crippen LogP contribution in [-0.2, 0) is 0 Å². The van der Waals surface area contributed by atoms with Crippen molar-refractivity contribution >= 4 is 0 Å². The predicted octanol–water partition coefficient (Wildman–Crippen LogP) is 1.17. The monoisotopic (exact) mass is 226 g/mol. The van der Waals surface area contributed by atoms with Gasteiger partial charge in [0.05, 0.1) is 6.10 Å². The van der Waals surface area contributed by atoms with Crippen LogP contribution in [0.1, 0.15) is 32.6 Å². The van der Waals surface area contributed by atoms with E-state index in [9.17, 15) is 5.11 Å². The minimum atomic E-state index is -0.181. The number of hydrogen-bond acceptors (Lipinski definition) is 3. The van der Waals surface area contributed by atoms with Crippen LogP contribution in [0.2, 0.25) is 0 Å². The molecule has 2 heterocycles. The molecular formula is C13H26N2O. The topological polar surface area (TPSA) is 26.7 Å². The highest BCUT2D eigenvalue weighted by Crippen LogP contribution is 2.29. The van der Waals surface area contributed by atoms with Gasteiger partial charge in [-0.1, -0.05) is 0 Å². The standard InChI is InChI=1S/C13H26N2O/c1-11(16)9-15-8-3-5-12(10-15)13-6-4-7-14(13)2/h11-13,16H,3-10H2,1-2H3. The van der Waals surface area contributed by atoms with Gasteiger partial charge < -0.3 is 14.9 Å². The van der Waals surface area contributed by atoms with Crippen LogP contribution in [-0.4, -0.2) is 60.3 Å². The first kappa shape index (κ1) is 12.3. The molecule has 2 rings (SSSR count). The molecule has 2 saturated heterocycles. The van der Waals surface area contributed by atoms with Crippen LogP contribution in [0.15, 0.2) is 0 Å². The summed E-state index contributed by atoms with van der Waals surface area (Å²) in [6.07, 6.45) is 5.25. The fourth-order valence-electron chi connectivity index (χ4n) is 3.48. The van der Waals surface area contributed by atoms with Crippen LogP contribution in [0.25, 0.3) is 0 Å². The van der Waals surface area contributed by atoms with E-state index >= 15 is 0 Å². The average Bonchev–Trinajstić information content (AvgIpc) is 2.64. The number of nitrogens with zero attached hydrogens (tertiary/aromatic N) is 2. The van der Waals surface area contributed by atoms with Gasteiger partial charge in [0.25, 0.3) is 0 Å². The molecule has 0 bridgehead atoms. The molecule has 3 nitrogen and oxygen atoms in total. The van der Waals surface area contributed by atoms with Crippen LogP contribution in [0.4, 0.5) is 0 Å². The molecule has 3 heteroatoms. The van der Waals surface area contributed by atoms with Crippen LogP contribution in [0.5, 0.6) is 0 Å². The van der Waals surface area contributed by atoms with E-state index in [1.165, 1.54) is 45.3 Å². The summed E-state index contributed by atoms with van der Waals surface area (Å²) in [4.78, 5) is 4.99. The molecule has 0 aromatic heterocycles. The number of piperidine rings is 1. The Bertz CT molecular complexity index is 220. The minimum absolute atomic E-state index is 0.181. The largest absolute Gasteiger partial charge is 0.392 e. The molecule has 0 spiro atoms. The summed E-state index contributed by atoms with van der Waals surface area (Å²) in [5.41, 5.74) is 0. The Balaban J connectivity index is 1.86. The summed E-state index contributed by atoms with van der Waals surface area (Å²) in [7, 11) is 2.27. The molecule has 94 valence electrons. The van der Waals surface area contributed by atoms with Gasteiger partial charge in [-0.2, -0.15) is 0 Å². The maximum atomic E-state index is 9.46. The molecule has 16 heavy (non-hydrogen) atoms. The zero-order valence-corrected chi connectivity index (χ0v) is 10.7. The number of aliphatic hydroxyl groups is 1.